The third-order valence-corrected chi connectivity index (χ3v) is 2.56. The lowest BCUT2D eigenvalue weighted by Gasteiger charge is -2.13. The number of ether oxygens (including phenoxy) is 1. The largest absolute Gasteiger partial charge is 0.491 e. The van der Waals surface area contributed by atoms with Gasteiger partial charge in [-0.1, -0.05) is 0 Å². The van der Waals surface area contributed by atoms with Crippen LogP contribution in [0.2, 0.25) is 0 Å². The topological polar surface area (TPSA) is 47.3 Å². The van der Waals surface area contributed by atoms with Crippen LogP contribution in [0.1, 0.15) is 18.6 Å². The Kier molecular flexibility index (Phi) is 3.94. The van der Waals surface area contributed by atoms with E-state index in [1.54, 1.807) is 17.8 Å². The van der Waals surface area contributed by atoms with E-state index >= 15 is 0 Å². The highest BCUT2D eigenvalue weighted by molar-refractivity contribution is 5.35. The summed E-state index contributed by atoms with van der Waals surface area (Å²) in [7, 11) is 0. The zero-order valence-corrected chi connectivity index (χ0v) is 10.1. The van der Waals surface area contributed by atoms with Crippen molar-refractivity contribution < 1.29 is 14.2 Å². The van der Waals surface area contributed by atoms with E-state index in [0.29, 0.717) is 24.5 Å². The van der Waals surface area contributed by atoms with Crippen molar-refractivity contribution in [1.29, 1.82) is 0 Å². The Bertz CT molecular complexity index is 498. The first-order valence-corrected chi connectivity index (χ1v) is 5.74. The zero-order valence-electron chi connectivity index (χ0n) is 10.1. The molecule has 0 amide bonds. The molecule has 0 aliphatic carbocycles. The second kappa shape index (κ2) is 5.64. The standard InChI is InChI=1S/C13H15FN2O2/c1-10(17)12-9-11(14)3-4-13(12)18-8-7-16-6-2-5-15-16/h2-6,9-10,17H,7-8H2,1H3/t10-/m1/s1. The molecule has 1 atom stereocenters. The third-order valence-electron chi connectivity index (χ3n) is 2.56. The Morgan fingerprint density at radius 3 is 3.00 bits per heavy atom. The van der Waals surface area contributed by atoms with Gasteiger partial charge in [-0.15, -0.1) is 0 Å². The average Bonchev–Trinajstić information content (AvgIpc) is 2.84. The summed E-state index contributed by atoms with van der Waals surface area (Å²) in [5.41, 5.74) is 0.454. The molecule has 0 bridgehead atoms. The average molecular weight is 250 g/mol. The number of halogens is 1. The molecular weight excluding hydrogens is 235 g/mol. The fourth-order valence-corrected chi connectivity index (χ4v) is 1.66. The van der Waals surface area contributed by atoms with E-state index in [4.69, 9.17) is 4.74 Å². The molecule has 0 aliphatic heterocycles. The summed E-state index contributed by atoms with van der Waals surface area (Å²) in [4.78, 5) is 0. The number of benzene rings is 1. The summed E-state index contributed by atoms with van der Waals surface area (Å²) >= 11 is 0. The van der Waals surface area contributed by atoms with Crippen molar-refractivity contribution in [2.75, 3.05) is 6.61 Å². The van der Waals surface area contributed by atoms with Crippen molar-refractivity contribution in [1.82, 2.24) is 9.78 Å². The summed E-state index contributed by atoms with van der Waals surface area (Å²) < 4.78 is 20.4. The van der Waals surface area contributed by atoms with Gasteiger partial charge in [0.05, 0.1) is 12.6 Å². The fourth-order valence-electron chi connectivity index (χ4n) is 1.66. The first-order valence-electron chi connectivity index (χ1n) is 5.74. The van der Waals surface area contributed by atoms with Crippen LogP contribution in [0.3, 0.4) is 0 Å². The lowest BCUT2D eigenvalue weighted by molar-refractivity contribution is 0.189. The van der Waals surface area contributed by atoms with E-state index in [9.17, 15) is 9.50 Å². The molecule has 0 fully saturated rings. The molecule has 0 aliphatic rings. The van der Waals surface area contributed by atoms with Crippen molar-refractivity contribution >= 4 is 0 Å². The lowest BCUT2D eigenvalue weighted by Crippen LogP contribution is -2.10. The minimum Gasteiger partial charge on any atom is -0.491 e. The number of aliphatic hydroxyl groups excluding tert-OH is 1. The second-order valence-corrected chi connectivity index (χ2v) is 3.98. The maximum Gasteiger partial charge on any atom is 0.125 e. The predicted molar refractivity (Wildman–Crippen MR) is 64.8 cm³/mol. The highest BCUT2D eigenvalue weighted by atomic mass is 19.1. The molecule has 1 aromatic heterocycles. The Morgan fingerprint density at radius 1 is 1.50 bits per heavy atom. The first-order chi connectivity index (χ1) is 8.66. The van der Waals surface area contributed by atoms with Crippen molar-refractivity contribution in [3.63, 3.8) is 0 Å². The summed E-state index contributed by atoms with van der Waals surface area (Å²) in [5, 5.41) is 13.6. The number of aliphatic hydroxyl groups is 1. The van der Waals surface area contributed by atoms with Gasteiger partial charge < -0.3 is 9.84 Å². The van der Waals surface area contributed by atoms with Gasteiger partial charge in [0.25, 0.3) is 0 Å². The predicted octanol–water partition coefficient (Wildman–Crippen LogP) is 2.15. The van der Waals surface area contributed by atoms with Gasteiger partial charge in [-0.25, -0.2) is 4.39 Å². The van der Waals surface area contributed by atoms with Gasteiger partial charge >= 0.3 is 0 Å². The van der Waals surface area contributed by atoms with Crippen LogP contribution in [0.5, 0.6) is 5.75 Å². The molecular formula is C13H15FN2O2. The molecule has 96 valence electrons. The van der Waals surface area contributed by atoms with Crippen molar-refractivity contribution in [3.8, 4) is 5.75 Å². The highest BCUT2D eigenvalue weighted by Gasteiger charge is 2.10. The summed E-state index contributed by atoms with van der Waals surface area (Å²) in [6.07, 6.45) is 2.77. The van der Waals surface area contributed by atoms with Crippen LogP contribution in [0, 0.1) is 5.82 Å². The van der Waals surface area contributed by atoms with E-state index in [2.05, 4.69) is 5.10 Å². The quantitative estimate of drug-likeness (QED) is 0.884. The van der Waals surface area contributed by atoms with Crippen molar-refractivity contribution in [2.45, 2.75) is 19.6 Å². The van der Waals surface area contributed by atoms with E-state index < -0.39 is 6.10 Å². The van der Waals surface area contributed by atoms with E-state index in [1.165, 1.54) is 18.2 Å². The second-order valence-electron chi connectivity index (χ2n) is 3.98. The van der Waals surface area contributed by atoms with Crippen LogP contribution in [-0.4, -0.2) is 21.5 Å². The molecule has 0 saturated heterocycles. The van der Waals surface area contributed by atoms with Gasteiger partial charge in [0.1, 0.15) is 18.2 Å². The molecule has 0 radical (unpaired) electrons. The minimum atomic E-state index is -0.764. The normalized spacial score (nSPS) is 12.4. The van der Waals surface area contributed by atoms with Crippen LogP contribution in [0.15, 0.2) is 36.7 Å². The van der Waals surface area contributed by atoms with E-state index in [0.717, 1.165) is 0 Å². The zero-order chi connectivity index (χ0) is 13.0. The maximum absolute atomic E-state index is 13.1. The van der Waals surface area contributed by atoms with E-state index in [-0.39, 0.29) is 5.82 Å². The highest BCUT2D eigenvalue weighted by Crippen LogP contribution is 2.25. The van der Waals surface area contributed by atoms with Gasteiger partial charge in [-0.05, 0) is 31.2 Å². The van der Waals surface area contributed by atoms with Crippen molar-refractivity contribution in [3.05, 3.63) is 48.0 Å². The molecule has 0 spiro atoms. The Balaban J connectivity index is 2.00. The number of aromatic nitrogens is 2. The minimum absolute atomic E-state index is 0.384. The number of nitrogens with zero attached hydrogens (tertiary/aromatic N) is 2. The molecule has 1 heterocycles. The van der Waals surface area contributed by atoms with Crippen LogP contribution in [-0.2, 0) is 6.54 Å². The molecule has 5 heteroatoms. The number of hydrogen-bond acceptors (Lipinski definition) is 3. The van der Waals surface area contributed by atoms with Crippen LogP contribution in [0.25, 0.3) is 0 Å². The SMILES string of the molecule is C[C@@H](O)c1cc(F)ccc1OCCn1cccn1. The third kappa shape index (κ3) is 3.07. The molecule has 4 nitrogen and oxygen atoms in total. The Hall–Kier alpha value is -1.88. The summed E-state index contributed by atoms with van der Waals surface area (Å²) in [6, 6.07) is 5.96. The smallest absolute Gasteiger partial charge is 0.125 e. The number of rotatable bonds is 5. The fraction of sp³-hybridized carbons (Fsp3) is 0.308. The Morgan fingerprint density at radius 2 is 2.33 bits per heavy atom. The van der Waals surface area contributed by atoms with Gasteiger partial charge in [0.15, 0.2) is 0 Å². The molecule has 0 saturated carbocycles. The van der Waals surface area contributed by atoms with Gasteiger partial charge in [0.2, 0.25) is 0 Å². The molecule has 2 rings (SSSR count). The van der Waals surface area contributed by atoms with E-state index in [1.807, 2.05) is 12.3 Å². The molecule has 1 aromatic carbocycles. The molecule has 18 heavy (non-hydrogen) atoms. The molecule has 2 aromatic rings. The van der Waals surface area contributed by atoms with Crippen LogP contribution in [0.4, 0.5) is 4.39 Å². The summed E-state index contributed by atoms with van der Waals surface area (Å²) in [5.74, 6) is 0.115. The monoisotopic (exact) mass is 250 g/mol. The van der Waals surface area contributed by atoms with Gasteiger partial charge in [0, 0.05) is 18.0 Å². The maximum atomic E-state index is 13.1. The molecule has 0 unspecified atom stereocenters. The Labute approximate surface area is 105 Å². The molecule has 1 N–H and O–H groups in total. The van der Waals surface area contributed by atoms with Crippen LogP contribution < -0.4 is 4.74 Å². The lowest BCUT2D eigenvalue weighted by atomic mass is 10.1. The number of hydrogen-bond donors (Lipinski definition) is 1. The van der Waals surface area contributed by atoms with Gasteiger partial charge in [-0.2, -0.15) is 5.10 Å². The summed E-state index contributed by atoms with van der Waals surface area (Å²) in [6.45, 7) is 2.59. The van der Waals surface area contributed by atoms with Crippen LogP contribution >= 0.6 is 0 Å². The van der Waals surface area contributed by atoms with Gasteiger partial charge in [-0.3, -0.25) is 4.68 Å². The van der Waals surface area contributed by atoms with Crippen molar-refractivity contribution in [2.24, 2.45) is 0 Å². The first kappa shape index (κ1) is 12.6.